The summed E-state index contributed by atoms with van der Waals surface area (Å²) in [5.41, 5.74) is 3.92. The maximum absolute atomic E-state index is 12.4. The van der Waals surface area contributed by atoms with Crippen molar-refractivity contribution >= 4 is 22.2 Å². The first-order chi connectivity index (χ1) is 19.6. The summed E-state index contributed by atoms with van der Waals surface area (Å²) in [7, 11) is -3.62. The highest BCUT2D eigenvalue weighted by atomic mass is 32.2. The lowest BCUT2D eigenvalue weighted by molar-refractivity contribution is -0.180. The molecule has 2 aromatic rings. The average Bonchev–Trinajstić information content (AvgIpc) is 3.30. The number of aryl methyl sites for hydroxylation is 1. The van der Waals surface area contributed by atoms with E-state index in [1.54, 1.807) is 4.90 Å². The zero-order valence-corrected chi connectivity index (χ0v) is 24.9. The highest BCUT2D eigenvalue weighted by Crippen LogP contribution is 2.35. The molecule has 1 fully saturated rings. The molecule has 9 nitrogen and oxygen atoms in total. The topological polar surface area (TPSA) is 117 Å². The minimum Gasteiger partial charge on any atom is -0.463 e. The molecule has 1 saturated heterocycles. The normalized spacial score (nSPS) is 18.4. The third-order valence-corrected chi connectivity index (χ3v) is 7.66. The number of nitrogens with zero attached hydrogens (tertiary/aromatic N) is 1. The molecule has 0 bridgehead atoms. The Morgan fingerprint density at radius 2 is 1.83 bits per heavy atom. The quantitative estimate of drug-likeness (QED) is 0.267. The Hall–Kier alpha value is -2.92. The standard InChI is InChI=1S/C31H42N2O7S/c1-31(2)38-23-27-21-26(13-14-28(27)40-31)29-22-33(30(34)39-29)16-6-3-4-7-17-37-18-8-5-10-24-11-9-12-25(20-24)15-19-41(32,35)36/h9,11-15,19-21,29H,3-8,10,16-18,22-23H2,1-2H3,(H2,32,35,36)/b19-15+. The first-order valence-corrected chi connectivity index (χ1v) is 16.0. The summed E-state index contributed by atoms with van der Waals surface area (Å²) in [4.78, 5) is 14.2. The second kappa shape index (κ2) is 14.3. The van der Waals surface area contributed by atoms with Crippen LogP contribution in [0.1, 0.15) is 80.7 Å². The lowest BCUT2D eigenvalue weighted by Gasteiger charge is -2.32. The smallest absolute Gasteiger partial charge is 0.410 e. The third kappa shape index (κ3) is 10.1. The number of benzene rings is 2. The molecule has 1 unspecified atom stereocenters. The molecule has 0 saturated carbocycles. The van der Waals surface area contributed by atoms with Crippen molar-refractivity contribution in [1.29, 1.82) is 0 Å². The maximum Gasteiger partial charge on any atom is 0.410 e. The van der Waals surface area contributed by atoms with E-state index in [1.165, 1.54) is 6.08 Å². The molecule has 1 atom stereocenters. The van der Waals surface area contributed by atoms with Crippen LogP contribution < -0.4 is 9.88 Å². The van der Waals surface area contributed by atoms with Gasteiger partial charge in [0, 0.05) is 44.6 Å². The van der Waals surface area contributed by atoms with Gasteiger partial charge >= 0.3 is 6.09 Å². The highest BCUT2D eigenvalue weighted by Gasteiger charge is 2.33. The number of cyclic esters (lactones) is 1. The Balaban J connectivity index is 1.03. The van der Waals surface area contributed by atoms with Crippen LogP contribution in [-0.2, 0) is 37.3 Å². The van der Waals surface area contributed by atoms with Crippen molar-refractivity contribution < 1.29 is 32.2 Å². The van der Waals surface area contributed by atoms with Gasteiger partial charge < -0.3 is 23.8 Å². The van der Waals surface area contributed by atoms with Crippen molar-refractivity contribution in [2.75, 3.05) is 26.3 Å². The Labute approximate surface area is 243 Å². The fourth-order valence-electron chi connectivity index (χ4n) is 4.94. The number of nitrogens with two attached hydrogens (primary N) is 1. The van der Waals surface area contributed by atoms with Gasteiger partial charge in [0.05, 0.1) is 13.2 Å². The maximum atomic E-state index is 12.4. The first-order valence-electron chi connectivity index (χ1n) is 14.4. The summed E-state index contributed by atoms with van der Waals surface area (Å²) in [6, 6.07) is 13.7. The summed E-state index contributed by atoms with van der Waals surface area (Å²) in [5.74, 6) is 0.183. The van der Waals surface area contributed by atoms with E-state index in [9.17, 15) is 13.2 Å². The van der Waals surface area contributed by atoms with Crippen LogP contribution in [-0.4, -0.2) is 51.5 Å². The molecule has 224 valence electrons. The number of ether oxygens (including phenoxy) is 4. The average molecular weight is 587 g/mol. The largest absolute Gasteiger partial charge is 0.463 e. The molecule has 4 rings (SSSR count). The van der Waals surface area contributed by atoms with E-state index < -0.39 is 15.8 Å². The minimum absolute atomic E-state index is 0.253. The Kier molecular flexibility index (Phi) is 10.8. The monoisotopic (exact) mass is 586 g/mol. The molecule has 2 aliphatic heterocycles. The number of carbonyl (C=O) groups excluding carboxylic acids is 1. The van der Waals surface area contributed by atoms with Crippen molar-refractivity contribution in [3.8, 4) is 5.75 Å². The molecule has 1 amide bonds. The molecular weight excluding hydrogens is 544 g/mol. The zero-order valence-electron chi connectivity index (χ0n) is 24.0. The van der Waals surface area contributed by atoms with Crippen LogP contribution in [0.25, 0.3) is 6.08 Å². The molecule has 0 radical (unpaired) electrons. The minimum atomic E-state index is -3.62. The Bertz CT molecular complexity index is 1310. The number of fused-ring (bicyclic) bond motifs is 1. The van der Waals surface area contributed by atoms with Gasteiger partial charge in [-0.15, -0.1) is 0 Å². The van der Waals surface area contributed by atoms with E-state index in [4.69, 9.17) is 24.1 Å². The summed E-state index contributed by atoms with van der Waals surface area (Å²) in [6.07, 6.45) is 7.91. The van der Waals surface area contributed by atoms with Crippen molar-refractivity contribution in [3.63, 3.8) is 0 Å². The van der Waals surface area contributed by atoms with E-state index in [2.05, 4.69) is 0 Å². The highest BCUT2D eigenvalue weighted by molar-refractivity contribution is 7.92. The van der Waals surface area contributed by atoms with Crippen LogP contribution in [0.5, 0.6) is 5.75 Å². The van der Waals surface area contributed by atoms with Gasteiger partial charge in [-0.2, -0.15) is 0 Å². The van der Waals surface area contributed by atoms with Gasteiger partial charge in [0.1, 0.15) is 11.9 Å². The van der Waals surface area contributed by atoms with Crippen molar-refractivity contribution in [1.82, 2.24) is 4.90 Å². The van der Waals surface area contributed by atoms with Gasteiger partial charge in [-0.05, 0) is 67.0 Å². The molecule has 41 heavy (non-hydrogen) atoms. The van der Waals surface area contributed by atoms with E-state index in [1.807, 2.05) is 56.3 Å². The molecule has 2 aromatic carbocycles. The molecule has 2 N–H and O–H groups in total. The molecule has 2 heterocycles. The number of rotatable bonds is 15. The molecule has 0 aliphatic carbocycles. The van der Waals surface area contributed by atoms with Crippen LogP contribution in [0.2, 0.25) is 0 Å². The van der Waals surface area contributed by atoms with Gasteiger partial charge in [0.2, 0.25) is 15.8 Å². The lowest BCUT2D eigenvalue weighted by Crippen LogP contribution is -2.35. The summed E-state index contributed by atoms with van der Waals surface area (Å²) in [6.45, 7) is 6.98. The number of amides is 1. The predicted molar refractivity (Wildman–Crippen MR) is 158 cm³/mol. The summed E-state index contributed by atoms with van der Waals surface area (Å²) in [5, 5.41) is 6.03. The van der Waals surface area contributed by atoms with Gasteiger partial charge in [0.15, 0.2) is 0 Å². The van der Waals surface area contributed by atoms with Gasteiger partial charge in [-0.3, -0.25) is 0 Å². The number of sulfonamides is 1. The van der Waals surface area contributed by atoms with Gasteiger partial charge in [0.25, 0.3) is 0 Å². The van der Waals surface area contributed by atoms with E-state index in [-0.39, 0.29) is 12.2 Å². The SMILES string of the molecule is CC1(C)OCc2cc(C3CN(CCCCCCOCCCCc4cccc(/C=C/S(N)(=O)=O)c4)C(=O)O3)ccc2O1. The van der Waals surface area contributed by atoms with E-state index >= 15 is 0 Å². The summed E-state index contributed by atoms with van der Waals surface area (Å²) < 4.78 is 45.2. The van der Waals surface area contributed by atoms with Crippen LogP contribution in [0.4, 0.5) is 4.79 Å². The molecule has 2 aliphatic rings. The predicted octanol–water partition coefficient (Wildman–Crippen LogP) is 5.68. The van der Waals surface area contributed by atoms with Crippen molar-refractivity contribution in [2.24, 2.45) is 5.14 Å². The van der Waals surface area contributed by atoms with Crippen LogP contribution in [0, 0.1) is 0 Å². The van der Waals surface area contributed by atoms with Crippen molar-refractivity contribution in [2.45, 2.75) is 77.3 Å². The van der Waals surface area contributed by atoms with Crippen LogP contribution in [0.15, 0.2) is 47.9 Å². The fourth-order valence-corrected chi connectivity index (χ4v) is 5.29. The number of carbonyl (C=O) groups is 1. The Morgan fingerprint density at radius 3 is 2.63 bits per heavy atom. The summed E-state index contributed by atoms with van der Waals surface area (Å²) >= 11 is 0. The van der Waals surface area contributed by atoms with Crippen molar-refractivity contribution in [3.05, 3.63) is 70.1 Å². The number of hydrogen-bond acceptors (Lipinski definition) is 7. The number of primary sulfonamides is 1. The second-order valence-electron chi connectivity index (χ2n) is 11.1. The third-order valence-electron chi connectivity index (χ3n) is 7.15. The molecule has 0 aromatic heterocycles. The Morgan fingerprint density at radius 1 is 1.05 bits per heavy atom. The van der Waals surface area contributed by atoms with Gasteiger partial charge in [-0.1, -0.05) is 43.2 Å². The second-order valence-corrected chi connectivity index (χ2v) is 12.5. The first kappa shape index (κ1) is 31.0. The van der Waals surface area contributed by atoms with E-state index in [0.717, 1.165) is 91.6 Å². The zero-order chi connectivity index (χ0) is 29.3. The molecule has 0 spiro atoms. The number of unbranched alkanes of at least 4 members (excludes halogenated alkanes) is 4. The molecule has 10 heteroatoms. The van der Waals surface area contributed by atoms with Gasteiger partial charge in [-0.25, -0.2) is 18.4 Å². The molecular formula is C31H42N2O7S. The van der Waals surface area contributed by atoms with Crippen LogP contribution >= 0.6 is 0 Å². The number of hydrogen-bond donors (Lipinski definition) is 1. The van der Waals surface area contributed by atoms with Crippen LogP contribution in [0.3, 0.4) is 0 Å². The fraction of sp³-hybridized carbons (Fsp3) is 0.516. The van der Waals surface area contributed by atoms with E-state index in [0.29, 0.717) is 19.7 Å². The lowest BCUT2D eigenvalue weighted by atomic mass is 10.0.